The second-order valence-electron chi connectivity index (χ2n) is 11.8. The van der Waals surface area contributed by atoms with E-state index >= 15 is 0 Å². The summed E-state index contributed by atoms with van der Waals surface area (Å²) in [5.74, 6) is 0.278. The molecule has 2 aliphatic rings. The van der Waals surface area contributed by atoms with E-state index in [1.54, 1.807) is 42.5 Å². The summed E-state index contributed by atoms with van der Waals surface area (Å²) >= 11 is 12.7. The molecule has 0 radical (unpaired) electrons. The highest BCUT2D eigenvalue weighted by molar-refractivity contribution is 7.91. The number of aromatic nitrogens is 3. The summed E-state index contributed by atoms with van der Waals surface area (Å²) in [5.41, 5.74) is 5.37. The summed E-state index contributed by atoms with van der Waals surface area (Å²) in [6.07, 6.45) is 11.1. The standard InChI is InChI=1S/C35H31Cl2N5O4S/c36-26-10-15-30(31(37)20-26)32-21-41(28-11-13-29(14-12-28)42-22-34(43)39-47(42,45)46)33(38-32)18-23-6-8-24(9-7-23)25-16-17-40(35(44)19-25)27-4-2-1-3-5-27/h6-17,19-22,27,39,43H,1-5,18H2. The molecular formula is C35H31Cl2N5O4S. The Bertz CT molecular complexity index is 2150. The Morgan fingerprint density at radius 1 is 0.872 bits per heavy atom. The highest BCUT2D eigenvalue weighted by Crippen LogP contribution is 2.33. The molecule has 0 atom stereocenters. The number of aliphatic hydroxyl groups is 1. The fraction of sp³-hybridized carbons (Fsp3) is 0.200. The molecule has 1 aliphatic carbocycles. The van der Waals surface area contributed by atoms with Gasteiger partial charge in [0.2, 0.25) is 5.88 Å². The number of halogens is 2. The van der Waals surface area contributed by atoms with Gasteiger partial charge in [0.05, 0.1) is 22.6 Å². The minimum atomic E-state index is -3.91. The van der Waals surface area contributed by atoms with Gasteiger partial charge in [0, 0.05) is 47.2 Å². The van der Waals surface area contributed by atoms with E-state index in [0.717, 1.165) is 57.1 Å². The lowest BCUT2D eigenvalue weighted by Crippen LogP contribution is -2.29. The van der Waals surface area contributed by atoms with Gasteiger partial charge in [-0.25, -0.2) is 14.0 Å². The molecule has 240 valence electrons. The van der Waals surface area contributed by atoms with Crippen molar-refractivity contribution in [1.29, 1.82) is 0 Å². The maximum Gasteiger partial charge on any atom is 0.330 e. The van der Waals surface area contributed by atoms with Crippen LogP contribution in [0.4, 0.5) is 5.69 Å². The molecule has 7 rings (SSSR count). The summed E-state index contributed by atoms with van der Waals surface area (Å²) in [6.45, 7) is 0. The molecule has 47 heavy (non-hydrogen) atoms. The van der Waals surface area contributed by atoms with Crippen LogP contribution in [0.3, 0.4) is 0 Å². The van der Waals surface area contributed by atoms with Gasteiger partial charge in [0.1, 0.15) is 5.82 Å². The number of hydrogen-bond donors (Lipinski definition) is 2. The van der Waals surface area contributed by atoms with E-state index in [1.807, 2.05) is 62.6 Å². The maximum absolute atomic E-state index is 13.0. The molecule has 5 aromatic rings. The first kappa shape index (κ1) is 31.1. The normalized spacial score (nSPS) is 16.2. The summed E-state index contributed by atoms with van der Waals surface area (Å²) in [7, 11) is -3.91. The molecule has 2 aromatic heterocycles. The highest BCUT2D eigenvalue weighted by atomic mass is 35.5. The van der Waals surface area contributed by atoms with Crippen molar-refractivity contribution >= 4 is 39.1 Å². The smallest absolute Gasteiger partial charge is 0.330 e. The van der Waals surface area contributed by atoms with Crippen molar-refractivity contribution < 1.29 is 13.5 Å². The average Bonchev–Trinajstić information content (AvgIpc) is 3.60. The second-order valence-corrected chi connectivity index (χ2v) is 14.2. The first-order valence-corrected chi connectivity index (χ1v) is 17.5. The molecular weight excluding hydrogens is 657 g/mol. The summed E-state index contributed by atoms with van der Waals surface area (Å²) < 4.78 is 31.6. The number of nitrogens with zero attached hydrogens (tertiary/aromatic N) is 4. The predicted molar refractivity (Wildman–Crippen MR) is 185 cm³/mol. The van der Waals surface area contributed by atoms with Crippen LogP contribution in [0.2, 0.25) is 10.0 Å². The molecule has 0 bridgehead atoms. The first-order chi connectivity index (χ1) is 22.6. The fourth-order valence-corrected chi connectivity index (χ4v) is 7.84. The van der Waals surface area contributed by atoms with Gasteiger partial charge < -0.3 is 14.2 Å². The third kappa shape index (κ3) is 6.41. The van der Waals surface area contributed by atoms with Crippen LogP contribution in [0.25, 0.3) is 28.1 Å². The Labute approximate surface area is 282 Å². The SMILES string of the molecule is O=c1cc(-c2ccc(Cc3nc(-c4ccc(Cl)cc4Cl)cn3-c3ccc(N4C=C(O)NS4(=O)=O)cc3)cc2)ccn1C1CCCCC1. The lowest BCUT2D eigenvalue weighted by atomic mass is 9.95. The number of nitrogens with one attached hydrogen (secondary N) is 1. The van der Waals surface area contributed by atoms with Gasteiger partial charge in [-0.1, -0.05) is 66.7 Å². The highest BCUT2D eigenvalue weighted by Gasteiger charge is 2.28. The van der Waals surface area contributed by atoms with Crippen molar-refractivity contribution in [2.45, 2.75) is 44.6 Å². The van der Waals surface area contributed by atoms with Crippen molar-refractivity contribution in [2.24, 2.45) is 0 Å². The van der Waals surface area contributed by atoms with Gasteiger partial charge in [-0.15, -0.1) is 0 Å². The van der Waals surface area contributed by atoms with Gasteiger partial charge >= 0.3 is 10.2 Å². The second kappa shape index (κ2) is 12.6. The Morgan fingerprint density at radius 2 is 1.60 bits per heavy atom. The molecule has 2 N–H and O–H groups in total. The molecule has 1 aliphatic heterocycles. The molecule has 3 aromatic carbocycles. The van der Waals surface area contributed by atoms with E-state index in [1.165, 1.54) is 19.3 Å². The van der Waals surface area contributed by atoms with Crippen LogP contribution in [0.15, 0.2) is 108 Å². The fourth-order valence-electron chi connectivity index (χ4n) is 6.28. The number of imidazole rings is 1. The van der Waals surface area contributed by atoms with Crippen molar-refractivity contribution in [3.8, 4) is 28.1 Å². The number of benzene rings is 3. The van der Waals surface area contributed by atoms with Crippen LogP contribution in [0, 0.1) is 0 Å². The largest absolute Gasteiger partial charge is 0.493 e. The van der Waals surface area contributed by atoms with Crippen LogP contribution >= 0.6 is 23.2 Å². The third-order valence-corrected chi connectivity index (χ3v) is 10.5. The number of aliphatic hydroxyl groups excluding tert-OH is 1. The van der Waals surface area contributed by atoms with E-state index in [4.69, 9.17) is 28.2 Å². The Kier molecular flexibility index (Phi) is 8.34. The van der Waals surface area contributed by atoms with Crippen LogP contribution in [0.1, 0.15) is 49.5 Å². The lowest BCUT2D eigenvalue weighted by molar-refractivity contribution is 0.346. The van der Waals surface area contributed by atoms with E-state index in [0.29, 0.717) is 27.8 Å². The molecule has 12 heteroatoms. The Hall–Kier alpha value is -4.51. The monoisotopic (exact) mass is 687 g/mol. The van der Waals surface area contributed by atoms with E-state index in [-0.39, 0.29) is 11.6 Å². The number of hydrogen-bond acceptors (Lipinski definition) is 5. The summed E-state index contributed by atoms with van der Waals surface area (Å²) in [6, 6.07) is 24.2. The number of pyridine rings is 1. The maximum atomic E-state index is 13.0. The van der Waals surface area contributed by atoms with Crippen LogP contribution in [0.5, 0.6) is 0 Å². The van der Waals surface area contributed by atoms with Crippen molar-refractivity contribution in [3.63, 3.8) is 0 Å². The molecule has 1 fully saturated rings. The van der Waals surface area contributed by atoms with Crippen LogP contribution in [-0.4, -0.2) is 27.6 Å². The van der Waals surface area contributed by atoms with Crippen molar-refractivity contribution in [2.75, 3.05) is 4.31 Å². The zero-order valence-electron chi connectivity index (χ0n) is 25.2. The van der Waals surface area contributed by atoms with Gasteiger partial charge in [-0.05, 0) is 78.1 Å². The molecule has 9 nitrogen and oxygen atoms in total. The minimum Gasteiger partial charge on any atom is -0.493 e. The van der Waals surface area contributed by atoms with Gasteiger partial charge in [-0.2, -0.15) is 8.42 Å². The summed E-state index contributed by atoms with van der Waals surface area (Å²) in [4.78, 5) is 17.9. The zero-order valence-corrected chi connectivity index (χ0v) is 27.5. The van der Waals surface area contributed by atoms with Gasteiger partial charge in [0.25, 0.3) is 5.56 Å². The molecule has 0 spiro atoms. The molecule has 1 saturated carbocycles. The zero-order chi connectivity index (χ0) is 32.7. The van der Waals surface area contributed by atoms with E-state index in [2.05, 4.69) is 0 Å². The van der Waals surface area contributed by atoms with Gasteiger partial charge in [0.15, 0.2) is 0 Å². The van der Waals surface area contributed by atoms with E-state index < -0.39 is 16.1 Å². The van der Waals surface area contributed by atoms with Crippen molar-refractivity contribution in [3.05, 3.63) is 135 Å². The quantitative estimate of drug-likeness (QED) is 0.182. The topological polar surface area (TPSA) is 109 Å². The summed E-state index contributed by atoms with van der Waals surface area (Å²) in [5, 5.41) is 10.7. The minimum absolute atomic E-state index is 0.0336. The molecule has 0 saturated heterocycles. The molecule has 3 heterocycles. The Morgan fingerprint density at radius 3 is 2.26 bits per heavy atom. The lowest BCUT2D eigenvalue weighted by Gasteiger charge is -2.24. The average molecular weight is 689 g/mol. The molecule has 0 unspecified atom stereocenters. The van der Waals surface area contributed by atoms with Gasteiger partial charge in [-0.3, -0.25) is 4.79 Å². The Balaban J connectivity index is 1.19. The predicted octanol–water partition coefficient (Wildman–Crippen LogP) is 7.78. The van der Waals surface area contributed by atoms with Crippen LogP contribution in [-0.2, 0) is 16.6 Å². The van der Waals surface area contributed by atoms with Crippen molar-refractivity contribution in [1.82, 2.24) is 18.8 Å². The first-order valence-electron chi connectivity index (χ1n) is 15.3. The number of rotatable bonds is 7. The molecule has 0 amide bonds. The van der Waals surface area contributed by atoms with Crippen LogP contribution < -0.4 is 14.6 Å². The number of anilines is 1. The third-order valence-electron chi connectivity index (χ3n) is 8.67. The van der Waals surface area contributed by atoms with E-state index in [9.17, 15) is 18.3 Å².